The highest BCUT2D eigenvalue weighted by Crippen LogP contribution is 2.22. The summed E-state index contributed by atoms with van der Waals surface area (Å²) >= 11 is 0. The summed E-state index contributed by atoms with van der Waals surface area (Å²) < 4.78 is 5.99. The van der Waals surface area contributed by atoms with Crippen LogP contribution in [0.1, 0.15) is 11.8 Å². The van der Waals surface area contributed by atoms with Crippen LogP contribution in [-0.4, -0.2) is 19.0 Å². The minimum absolute atomic E-state index is 0.0569. The molecule has 0 spiro atoms. The van der Waals surface area contributed by atoms with Gasteiger partial charge in [0.25, 0.3) is 0 Å². The van der Waals surface area contributed by atoms with Crippen LogP contribution in [0.15, 0.2) is 60.7 Å². The Bertz CT molecular complexity index is 439. The fraction of sp³-hybridized carbons (Fsp3) is 0.200. The molecule has 17 heavy (non-hydrogen) atoms. The second-order valence-electron chi connectivity index (χ2n) is 4.16. The molecule has 0 aliphatic rings. The van der Waals surface area contributed by atoms with Gasteiger partial charge in [-0.2, -0.15) is 0 Å². The predicted molar refractivity (Wildman–Crippen MR) is 69.9 cm³/mol. The molecule has 88 valence electrons. The second-order valence-corrected chi connectivity index (χ2v) is 4.16. The van der Waals surface area contributed by atoms with E-state index in [1.807, 2.05) is 62.6 Å². The minimum Gasteiger partial charge on any atom is -0.471 e. The van der Waals surface area contributed by atoms with Crippen molar-refractivity contribution in [3.8, 4) is 5.75 Å². The average Bonchev–Trinajstić information content (AvgIpc) is 2.38. The van der Waals surface area contributed by atoms with Crippen molar-refractivity contribution >= 4 is 0 Å². The number of hydrogen-bond donors (Lipinski definition) is 0. The Morgan fingerprint density at radius 1 is 0.824 bits per heavy atom. The predicted octanol–water partition coefficient (Wildman–Crippen LogP) is 3.33. The fourth-order valence-corrected chi connectivity index (χ4v) is 1.72. The summed E-state index contributed by atoms with van der Waals surface area (Å²) in [6, 6.07) is 20.1. The number of para-hydroxylation sites is 1. The first-order valence-corrected chi connectivity index (χ1v) is 5.70. The molecule has 0 saturated heterocycles. The zero-order chi connectivity index (χ0) is 12.1. The molecule has 0 heterocycles. The maximum Gasteiger partial charge on any atom is 0.178 e. The summed E-state index contributed by atoms with van der Waals surface area (Å²) in [7, 11) is 4.03. The minimum atomic E-state index is -0.0569. The van der Waals surface area contributed by atoms with Gasteiger partial charge in [-0.3, -0.25) is 4.90 Å². The Kier molecular flexibility index (Phi) is 3.78. The summed E-state index contributed by atoms with van der Waals surface area (Å²) in [6.07, 6.45) is -0.0569. The molecule has 0 saturated carbocycles. The molecule has 0 aliphatic heterocycles. The highest BCUT2D eigenvalue weighted by molar-refractivity contribution is 5.24. The lowest BCUT2D eigenvalue weighted by molar-refractivity contribution is 0.0639. The second kappa shape index (κ2) is 5.51. The van der Waals surface area contributed by atoms with Gasteiger partial charge in [0, 0.05) is 5.56 Å². The summed E-state index contributed by atoms with van der Waals surface area (Å²) in [5.74, 6) is 0.884. The zero-order valence-corrected chi connectivity index (χ0v) is 10.2. The topological polar surface area (TPSA) is 12.5 Å². The first-order valence-electron chi connectivity index (χ1n) is 5.70. The SMILES string of the molecule is CN(C)C(Oc1ccccc1)c1ccccc1. The first kappa shape index (κ1) is 11.7. The van der Waals surface area contributed by atoms with Crippen molar-refractivity contribution in [3.05, 3.63) is 66.2 Å². The van der Waals surface area contributed by atoms with Crippen molar-refractivity contribution < 1.29 is 4.74 Å². The molecule has 2 heteroatoms. The standard InChI is InChI=1S/C15H17NO/c1-16(2)15(13-9-5-3-6-10-13)17-14-11-7-4-8-12-14/h3-12,15H,1-2H3. The normalized spacial score (nSPS) is 12.4. The number of nitrogens with zero attached hydrogens (tertiary/aromatic N) is 1. The van der Waals surface area contributed by atoms with Gasteiger partial charge >= 0.3 is 0 Å². The zero-order valence-electron chi connectivity index (χ0n) is 10.2. The van der Waals surface area contributed by atoms with Crippen molar-refractivity contribution in [1.82, 2.24) is 4.90 Å². The van der Waals surface area contributed by atoms with Gasteiger partial charge < -0.3 is 4.74 Å². The van der Waals surface area contributed by atoms with Crippen LogP contribution in [0.25, 0.3) is 0 Å². The lowest BCUT2D eigenvalue weighted by Gasteiger charge is -2.25. The third kappa shape index (κ3) is 3.08. The third-order valence-electron chi connectivity index (χ3n) is 2.54. The van der Waals surface area contributed by atoms with Crippen LogP contribution in [0.5, 0.6) is 5.75 Å². The van der Waals surface area contributed by atoms with Crippen LogP contribution < -0.4 is 4.74 Å². The Balaban J connectivity index is 2.20. The maximum absolute atomic E-state index is 5.99. The highest BCUT2D eigenvalue weighted by Gasteiger charge is 2.14. The monoisotopic (exact) mass is 227 g/mol. The van der Waals surface area contributed by atoms with Gasteiger partial charge in [0.15, 0.2) is 6.23 Å². The molecule has 0 fully saturated rings. The number of benzene rings is 2. The summed E-state index contributed by atoms with van der Waals surface area (Å²) in [4.78, 5) is 2.06. The van der Waals surface area contributed by atoms with Gasteiger partial charge in [-0.15, -0.1) is 0 Å². The Morgan fingerprint density at radius 3 is 1.88 bits per heavy atom. The lowest BCUT2D eigenvalue weighted by Crippen LogP contribution is -2.25. The van der Waals surface area contributed by atoms with Gasteiger partial charge in [0.2, 0.25) is 0 Å². The molecule has 1 atom stereocenters. The molecule has 2 rings (SSSR count). The van der Waals surface area contributed by atoms with Gasteiger partial charge in [-0.25, -0.2) is 0 Å². The molecule has 0 N–H and O–H groups in total. The van der Waals surface area contributed by atoms with Crippen molar-refractivity contribution in [2.75, 3.05) is 14.1 Å². The van der Waals surface area contributed by atoms with E-state index in [1.54, 1.807) is 0 Å². The van der Waals surface area contributed by atoms with Gasteiger partial charge in [0.05, 0.1) is 0 Å². The lowest BCUT2D eigenvalue weighted by atomic mass is 10.2. The average molecular weight is 227 g/mol. The molecule has 1 unspecified atom stereocenters. The molecule has 0 amide bonds. The van der Waals surface area contributed by atoms with Gasteiger partial charge in [-0.05, 0) is 26.2 Å². The molecule has 0 bridgehead atoms. The summed E-state index contributed by atoms with van der Waals surface area (Å²) in [5.41, 5.74) is 1.15. The molecule has 2 aromatic rings. The van der Waals surface area contributed by atoms with Crippen LogP contribution in [0.3, 0.4) is 0 Å². The Labute approximate surface area is 102 Å². The van der Waals surface area contributed by atoms with E-state index in [0.29, 0.717) is 0 Å². The maximum atomic E-state index is 5.99. The molecule has 2 aromatic carbocycles. The van der Waals surface area contributed by atoms with Crippen LogP contribution in [0, 0.1) is 0 Å². The van der Waals surface area contributed by atoms with E-state index >= 15 is 0 Å². The van der Waals surface area contributed by atoms with Crippen molar-refractivity contribution in [2.24, 2.45) is 0 Å². The van der Waals surface area contributed by atoms with Crippen LogP contribution in [0.2, 0.25) is 0 Å². The quantitative estimate of drug-likeness (QED) is 0.743. The van der Waals surface area contributed by atoms with E-state index in [1.165, 1.54) is 0 Å². The number of rotatable bonds is 4. The van der Waals surface area contributed by atoms with Crippen molar-refractivity contribution in [1.29, 1.82) is 0 Å². The molecule has 0 radical (unpaired) electrons. The van der Waals surface area contributed by atoms with E-state index in [2.05, 4.69) is 17.0 Å². The number of ether oxygens (including phenoxy) is 1. The van der Waals surface area contributed by atoms with Crippen LogP contribution in [-0.2, 0) is 0 Å². The molecular weight excluding hydrogens is 210 g/mol. The molecule has 2 nitrogen and oxygen atoms in total. The largest absolute Gasteiger partial charge is 0.471 e. The van der Waals surface area contributed by atoms with E-state index in [9.17, 15) is 0 Å². The van der Waals surface area contributed by atoms with E-state index in [-0.39, 0.29) is 6.23 Å². The Hall–Kier alpha value is -1.80. The Morgan fingerprint density at radius 2 is 1.35 bits per heavy atom. The van der Waals surface area contributed by atoms with Gasteiger partial charge in [-0.1, -0.05) is 48.5 Å². The summed E-state index contributed by atoms with van der Waals surface area (Å²) in [6.45, 7) is 0. The fourth-order valence-electron chi connectivity index (χ4n) is 1.72. The number of hydrogen-bond acceptors (Lipinski definition) is 2. The first-order chi connectivity index (χ1) is 8.27. The third-order valence-corrected chi connectivity index (χ3v) is 2.54. The van der Waals surface area contributed by atoms with E-state index < -0.39 is 0 Å². The van der Waals surface area contributed by atoms with Crippen molar-refractivity contribution in [2.45, 2.75) is 6.23 Å². The highest BCUT2D eigenvalue weighted by atomic mass is 16.5. The molecule has 0 aliphatic carbocycles. The van der Waals surface area contributed by atoms with E-state index in [4.69, 9.17) is 4.74 Å². The smallest absolute Gasteiger partial charge is 0.178 e. The van der Waals surface area contributed by atoms with Gasteiger partial charge in [0.1, 0.15) is 5.75 Å². The van der Waals surface area contributed by atoms with Crippen LogP contribution >= 0.6 is 0 Å². The molecular formula is C15H17NO. The van der Waals surface area contributed by atoms with E-state index in [0.717, 1.165) is 11.3 Å². The molecule has 0 aromatic heterocycles. The summed E-state index contributed by atoms with van der Waals surface area (Å²) in [5, 5.41) is 0. The van der Waals surface area contributed by atoms with Crippen LogP contribution in [0.4, 0.5) is 0 Å². The van der Waals surface area contributed by atoms with Crippen molar-refractivity contribution in [3.63, 3.8) is 0 Å².